The highest BCUT2D eigenvalue weighted by Gasteiger charge is 2.51. The van der Waals surface area contributed by atoms with Gasteiger partial charge in [-0.15, -0.1) is 10.2 Å². The molecule has 2 heterocycles. The summed E-state index contributed by atoms with van der Waals surface area (Å²) in [6.45, 7) is 1.65. The number of amides is 1. The van der Waals surface area contributed by atoms with E-state index in [-0.39, 0.29) is 11.8 Å². The normalized spacial score (nSPS) is 28.8. The topological polar surface area (TPSA) is 58.1 Å². The lowest BCUT2D eigenvalue weighted by Crippen LogP contribution is -2.60. The van der Waals surface area contributed by atoms with Gasteiger partial charge in [0.1, 0.15) is 0 Å². The van der Waals surface area contributed by atoms with E-state index in [1.165, 1.54) is 25.7 Å². The van der Waals surface area contributed by atoms with Crippen LogP contribution in [-0.2, 0) is 4.79 Å². The zero-order valence-electron chi connectivity index (χ0n) is 13.3. The van der Waals surface area contributed by atoms with Gasteiger partial charge in [-0.05, 0) is 56.1 Å². The van der Waals surface area contributed by atoms with Crippen LogP contribution >= 0.6 is 11.6 Å². The molecule has 23 heavy (non-hydrogen) atoms. The van der Waals surface area contributed by atoms with Crippen LogP contribution in [0.3, 0.4) is 0 Å². The van der Waals surface area contributed by atoms with E-state index < -0.39 is 0 Å². The first-order valence-electron chi connectivity index (χ1n) is 8.71. The van der Waals surface area contributed by atoms with E-state index in [4.69, 9.17) is 11.6 Å². The van der Waals surface area contributed by atoms with E-state index in [1.807, 2.05) is 6.07 Å². The molecule has 1 N–H and O–H groups in total. The third kappa shape index (κ3) is 2.80. The molecule has 2 saturated carbocycles. The zero-order valence-corrected chi connectivity index (χ0v) is 14.1. The Kier molecular flexibility index (Phi) is 3.92. The van der Waals surface area contributed by atoms with Gasteiger partial charge < -0.3 is 10.2 Å². The van der Waals surface area contributed by atoms with Gasteiger partial charge in [0.2, 0.25) is 5.91 Å². The Balaban J connectivity index is 1.37. The summed E-state index contributed by atoms with van der Waals surface area (Å²) in [5.41, 5.74) is 0.464. The summed E-state index contributed by atoms with van der Waals surface area (Å²) in [4.78, 5) is 14.8. The second kappa shape index (κ2) is 5.93. The Hall–Kier alpha value is -1.36. The van der Waals surface area contributed by atoms with Crippen LogP contribution in [0.5, 0.6) is 0 Å². The molecule has 3 fully saturated rings. The third-order valence-electron chi connectivity index (χ3n) is 6.07. The molecule has 1 aliphatic heterocycles. The number of hydrogen-bond acceptors (Lipinski definition) is 4. The molecule has 1 amide bonds. The molecule has 2 atom stereocenters. The van der Waals surface area contributed by atoms with E-state index in [0.717, 1.165) is 38.2 Å². The number of nitrogens with zero attached hydrogens (tertiary/aromatic N) is 3. The second-order valence-corrected chi connectivity index (χ2v) is 7.70. The molecule has 124 valence electrons. The first-order chi connectivity index (χ1) is 11.2. The lowest BCUT2D eigenvalue weighted by Gasteiger charge is -2.56. The van der Waals surface area contributed by atoms with Gasteiger partial charge in [-0.1, -0.05) is 18.0 Å². The number of carbonyl (C=O) groups is 1. The lowest BCUT2D eigenvalue weighted by molar-refractivity contribution is -0.130. The Morgan fingerprint density at radius 1 is 1.22 bits per heavy atom. The summed E-state index contributed by atoms with van der Waals surface area (Å²) >= 11 is 5.80. The Bertz CT molecular complexity index is 581. The van der Waals surface area contributed by atoms with Crippen LogP contribution in [-0.4, -0.2) is 35.2 Å². The molecular formula is C17H23ClN4O. The van der Waals surface area contributed by atoms with Crippen molar-refractivity contribution in [2.75, 3.05) is 18.0 Å². The fraction of sp³-hybridized carbons (Fsp3) is 0.706. The number of anilines is 1. The molecule has 4 rings (SSSR count). The standard InChI is InChI=1S/C17H23ClN4O/c18-14-4-5-15(21-20-14)22-10-1-3-12(11-22)16(23)19-13-6-9-17(13)7-2-8-17/h4-5,12-13H,1-3,6-11H2,(H,19,23). The predicted molar refractivity (Wildman–Crippen MR) is 89.4 cm³/mol. The highest BCUT2D eigenvalue weighted by molar-refractivity contribution is 6.29. The number of carbonyl (C=O) groups excluding carboxylic acids is 1. The van der Waals surface area contributed by atoms with Crippen molar-refractivity contribution in [1.82, 2.24) is 15.5 Å². The average Bonchev–Trinajstić information content (AvgIpc) is 2.51. The molecule has 0 bridgehead atoms. The predicted octanol–water partition coefficient (Wildman–Crippen LogP) is 2.80. The first kappa shape index (κ1) is 15.2. The molecule has 1 spiro atoms. The number of piperidine rings is 1. The summed E-state index contributed by atoms with van der Waals surface area (Å²) in [6, 6.07) is 4.06. The minimum atomic E-state index is 0.0546. The fourth-order valence-electron chi connectivity index (χ4n) is 4.32. The van der Waals surface area contributed by atoms with Gasteiger partial charge in [0.25, 0.3) is 0 Å². The minimum Gasteiger partial charge on any atom is -0.354 e. The van der Waals surface area contributed by atoms with Crippen molar-refractivity contribution in [2.24, 2.45) is 11.3 Å². The van der Waals surface area contributed by atoms with Crippen LogP contribution in [0.25, 0.3) is 0 Å². The van der Waals surface area contributed by atoms with Crippen molar-refractivity contribution >= 4 is 23.3 Å². The van der Waals surface area contributed by atoms with Crippen molar-refractivity contribution in [3.8, 4) is 0 Å². The van der Waals surface area contributed by atoms with Crippen LogP contribution < -0.4 is 10.2 Å². The highest BCUT2D eigenvalue weighted by atomic mass is 35.5. The molecule has 5 nitrogen and oxygen atoms in total. The van der Waals surface area contributed by atoms with Crippen molar-refractivity contribution < 1.29 is 4.79 Å². The number of nitrogens with one attached hydrogen (secondary N) is 1. The van der Waals surface area contributed by atoms with Gasteiger partial charge in [-0.25, -0.2) is 0 Å². The summed E-state index contributed by atoms with van der Waals surface area (Å²) in [5.74, 6) is 1.09. The maximum absolute atomic E-state index is 12.7. The van der Waals surface area contributed by atoms with E-state index in [9.17, 15) is 4.79 Å². The number of hydrogen-bond donors (Lipinski definition) is 1. The van der Waals surface area contributed by atoms with Gasteiger partial charge in [0, 0.05) is 19.1 Å². The second-order valence-electron chi connectivity index (χ2n) is 7.32. The summed E-state index contributed by atoms with van der Waals surface area (Å²) in [5, 5.41) is 11.8. The molecule has 1 aromatic rings. The third-order valence-corrected chi connectivity index (χ3v) is 6.27. The molecule has 6 heteroatoms. The maximum Gasteiger partial charge on any atom is 0.225 e. The van der Waals surface area contributed by atoms with Crippen LogP contribution in [0.1, 0.15) is 44.9 Å². The van der Waals surface area contributed by atoms with Crippen LogP contribution in [0.15, 0.2) is 12.1 Å². The summed E-state index contributed by atoms with van der Waals surface area (Å²) in [6.07, 6.45) is 8.37. The molecule has 3 aliphatic rings. The minimum absolute atomic E-state index is 0.0546. The van der Waals surface area contributed by atoms with Crippen molar-refractivity contribution in [3.63, 3.8) is 0 Å². The van der Waals surface area contributed by atoms with Gasteiger partial charge in [0.15, 0.2) is 11.0 Å². The SMILES string of the molecule is O=C(NC1CCC12CCC2)C1CCCN(c2ccc(Cl)nn2)C1. The summed E-state index contributed by atoms with van der Waals surface area (Å²) < 4.78 is 0. The van der Waals surface area contributed by atoms with Gasteiger partial charge in [0.05, 0.1) is 5.92 Å². The van der Waals surface area contributed by atoms with Crippen molar-refractivity contribution in [2.45, 2.75) is 51.0 Å². The molecule has 2 unspecified atom stereocenters. The molecule has 0 radical (unpaired) electrons. The van der Waals surface area contributed by atoms with Gasteiger partial charge in [-0.2, -0.15) is 0 Å². The molecular weight excluding hydrogens is 312 g/mol. The Labute approximate surface area is 141 Å². The smallest absolute Gasteiger partial charge is 0.225 e. The quantitative estimate of drug-likeness (QED) is 0.923. The average molecular weight is 335 g/mol. The first-order valence-corrected chi connectivity index (χ1v) is 9.09. The number of rotatable bonds is 3. The lowest BCUT2D eigenvalue weighted by atomic mass is 9.53. The summed E-state index contributed by atoms with van der Waals surface area (Å²) in [7, 11) is 0. The van der Waals surface area contributed by atoms with Crippen LogP contribution in [0.2, 0.25) is 5.15 Å². The van der Waals surface area contributed by atoms with E-state index in [0.29, 0.717) is 16.6 Å². The Morgan fingerprint density at radius 2 is 2.09 bits per heavy atom. The number of halogens is 1. The molecule has 1 saturated heterocycles. The molecule has 0 aromatic carbocycles. The largest absolute Gasteiger partial charge is 0.354 e. The van der Waals surface area contributed by atoms with E-state index >= 15 is 0 Å². The monoisotopic (exact) mass is 334 g/mol. The van der Waals surface area contributed by atoms with E-state index in [1.54, 1.807) is 6.07 Å². The van der Waals surface area contributed by atoms with Gasteiger partial charge in [-0.3, -0.25) is 4.79 Å². The van der Waals surface area contributed by atoms with Crippen molar-refractivity contribution in [3.05, 3.63) is 17.3 Å². The Morgan fingerprint density at radius 3 is 2.70 bits per heavy atom. The maximum atomic E-state index is 12.7. The van der Waals surface area contributed by atoms with E-state index in [2.05, 4.69) is 20.4 Å². The van der Waals surface area contributed by atoms with Crippen molar-refractivity contribution in [1.29, 1.82) is 0 Å². The van der Waals surface area contributed by atoms with Crippen LogP contribution in [0, 0.1) is 11.3 Å². The van der Waals surface area contributed by atoms with Gasteiger partial charge >= 0.3 is 0 Å². The highest BCUT2D eigenvalue weighted by Crippen LogP contribution is 2.55. The fourth-order valence-corrected chi connectivity index (χ4v) is 4.42. The number of aromatic nitrogens is 2. The molecule has 2 aliphatic carbocycles. The van der Waals surface area contributed by atoms with Crippen LogP contribution in [0.4, 0.5) is 5.82 Å². The zero-order chi connectivity index (χ0) is 15.9. The molecule has 1 aromatic heterocycles.